The molecular weight excluding hydrogens is 350 g/mol. The van der Waals surface area contributed by atoms with Crippen LogP contribution >= 0.6 is 0 Å². The van der Waals surface area contributed by atoms with E-state index in [0.717, 1.165) is 0 Å². The summed E-state index contributed by atoms with van der Waals surface area (Å²) in [6, 6.07) is 17.6. The van der Waals surface area contributed by atoms with Crippen LogP contribution in [0.15, 0.2) is 71.6 Å². The lowest BCUT2D eigenvalue weighted by Crippen LogP contribution is -2.22. The van der Waals surface area contributed by atoms with Crippen molar-refractivity contribution in [3.05, 3.63) is 89.0 Å². The Balaban J connectivity index is 2.05. The van der Waals surface area contributed by atoms with Crippen LogP contribution in [0.5, 0.6) is 0 Å². The highest BCUT2D eigenvalue weighted by Crippen LogP contribution is 2.36. The SMILES string of the molecule is NS(=O)(=O)c1ccccc1-c1cccc2c1C(=O)c1ccccc1C2=O. The number of hydrogen-bond acceptors (Lipinski definition) is 4. The van der Waals surface area contributed by atoms with Crippen LogP contribution in [0.2, 0.25) is 0 Å². The molecule has 4 rings (SSSR count). The number of sulfonamides is 1. The lowest BCUT2D eigenvalue weighted by molar-refractivity contribution is 0.0979. The maximum atomic E-state index is 13.1. The van der Waals surface area contributed by atoms with Gasteiger partial charge in [-0.15, -0.1) is 0 Å². The number of primary sulfonamides is 1. The maximum Gasteiger partial charge on any atom is 0.238 e. The van der Waals surface area contributed by atoms with Crippen molar-refractivity contribution >= 4 is 21.6 Å². The quantitative estimate of drug-likeness (QED) is 0.592. The van der Waals surface area contributed by atoms with Crippen LogP contribution in [0.4, 0.5) is 0 Å². The van der Waals surface area contributed by atoms with Crippen LogP contribution in [-0.2, 0) is 10.0 Å². The van der Waals surface area contributed by atoms with E-state index in [2.05, 4.69) is 0 Å². The molecule has 6 heteroatoms. The van der Waals surface area contributed by atoms with Crippen LogP contribution in [0.1, 0.15) is 31.8 Å². The first kappa shape index (κ1) is 16.4. The summed E-state index contributed by atoms with van der Waals surface area (Å²) in [7, 11) is -4.00. The number of fused-ring (bicyclic) bond motifs is 2. The second-order valence-electron chi connectivity index (χ2n) is 5.97. The fourth-order valence-electron chi connectivity index (χ4n) is 3.31. The summed E-state index contributed by atoms with van der Waals surface area (Å²) in [5, 5.41) is 5.33. The number of rotatable bonds is 2. The van der Waals surface area contributed by atoms with Gasteiger partial charge in [0.1, 0.15) is 0 Å². The van der Waals surface area contributed by atoms with Gasteiger partial charge in [-0.2, -0.15) is 0 Å². The topological polar surface area (TPSA) is 94.3 Å². The van der Waals surface area contributed by atoms with E-state index in [-0.39, 0.29) is 27.6 Å². The zero-order valence-electron chi connectivity index (χ0n) is 13.5. The average molecular weight is 363 g/mol. The molecule has 0 bridgehead atoms. The Kier molecular flexibility index (Phi) is 3.61. The van der Waals surface area contributed by atoms with Crippen LogP contribution in [0.25, 0.3) is 11.1 Å². The molecule has 0 aliphatic heterocycles. The molecule has 0 radical (unpaired) electrons. The first-order valence-corrected chi connectivity index (χ1v) is 9.38. The van der Waals surface area contributed by atoms with Gasteiger partial charge in [-0.3, -0.25) is 9.59 Å². The van der Waals surface area contributed by atoms with Gasteiger partial charge in [0.2, 0.25) is 10.0 Å². The average Bonchev–Trinajstić information content (AvgIpc) is 2.65. The van der Waals surface area contributed by atoms with Gasteiger partial charge in [-0.05, 0) is 11.6 Å². The number of hydrogen-bond donors (Lipinski definition) is 1. The van der Waals surface area contributed by atoms with Crippen molar-refractivity contribution in [1.82, 2.24) is 0 Å². The van der Waals surface area contributed by atoms with E-state index in [0.29, 0.717) is 22.3 Å². The molecule has 0 atom stereocenters. The Morgan fingerprint density at radius 1 is 0.577 bits per heavy atom. The summed E-state index contributed by atoms with van der Waals surface area (Å²) < 4.78 is 23.9. The molecule has 0 fully saturated rings. The van der Waals surface area contributed by atoms with E-state index < -0.39 is 10.0 Å². The molecule has 0 saturated heterocycles. The zero-order valence-corrected chi connectivity index (χ0v) is 14.3. The van der Waals surface area contributed by atoms with Gasteiger partial charge in [-0.1, -0.05) is 60.7 Å². The summed E-state index contributed by atoms with van der Waals surface area (Å²) in [4.78, 5) is 25.8. The minimum absolute atomic E-state index is 0.0903. The van der Waals surface area contributed by atoms with E-state index in [9.17, 15) is 18.0 Å². The van der Waals surface area contributed by atoms with Crippen molar-refractivity contribution in [2.24, 2.45) is 5.14 Å². The molecule has 128 valence electrons. The molecule has 0 unspecified atom stereocenters. The summed E-state index contributed by atoms with van der Waals surface area (Å²) in [6.45, 7) is 0. The van der Waals surface area contributed by atoms with Crippen LogP contribution in [0, 0.1) is 0 Å². The van der Waals surface area contributed by atoms with Crippen molar-refractivity contribution < 1.29 is 18.0 Å². The van der Waals surface area contributed by atoms with Crippen molar-refractivity contribution in [2.75, 3.05) is 0 Å². The van der Waals surface area contributed by atoms with E-state index in [4.69, 9.17) is 5.14 Å². The molecule has 3 aromatic carbocycles. The number of ketones is 2. The minimum atomic E-state index is -4.00. The molecule has 0 aromatic heterocycles. The van der Waals surface area contributed by atoms with Crippen LogP contribution in [0.3, 0.4) is 0 Å². The first-order valence-electron chi connectivity index (χ1n) is 7.83. The molecule has 0 heterocycles. The maximum absolute atomic E-state index is 13.1. The zero-order chi connectivity index (χ0) is 18.5. The minimum Gasteiger partial charge on any atom is -0.289 e. The Labute approximate surface area is 150 Å². The van der Waals surface area contributed by atoms with Crippen molar-refractivity contribution in [2.45, 2.75) is 4.90 Å². The second kappa shape index (κ2) is 5.72. The largest absolute Gasteiger partial charge is 0.289 e. The lowest BCUT2D eigenvalue weighted by atomic mass is 9.80. The summed E-state index contributed by atoms with van der Waals surface area (Å²) in [5.74, 6) is -0.569. The molecule has 0 spiro atoms. The van der Waals surface area contributed by atoms with Gasteiger partial charge in [-0.25, -0.2) is 13.6 Å². The predicted molar refractivity (Wildman–Crippen MR) is 96.6 cm³/mol. The van der Waals surface area contributed by atoms with Crippen molar-refractivity contribution in [3.8, 4) is 11.1 Å². The Morgan fingerprint density at radius 3 is 1.73 bits per heavy atom. The fraction of sp³-hybridized carbons (Fsp3) is 0. The molecular formula is C20H13NO4S. The van der Waals surface area contributed by atoms with Crippen molar-refractivity contribution in [3.63, 3.8) is 0 Å². The van der Waals surface area contributed by atoms with E-state index in [1.54, 1.807) is 60.7 Å². The molecule has 1 aliphatic rings. The summed E-state index contributed by atoms with van der Waals surface area (Å²) >= 11 is 0. The highest BCUT2D eigenvalue weighted by Gasteiger charge is 2.32. The number of benzene rings is 3. The third-order valence-corrected chi connectivity index (χ3v) is 5.41. The van der Waals surface area contributed by atoms with Gasteiger partial charge in [0.25, 0.3) is 0 Å². The molecule has 26 heavy (non-hydrogen) atoms. The molecule has 2 N–H and O–H groups in total. The van der Waals surface area contributed by atoms with Crippen molar-refractivity contribution in [1.29, 1.82) is 0 Å². The number of carbonyl (C=O) groups is 2. The first-order chi connectivity index (χ1) is 12.4. The Morgan fingerprint density at radius 2 is 1.08 bits per heavy atom. The third-order valence-electron chi connectivity index (χ3n) is 4.44. The standard InChI is InChI=1S/C20H13NO4S/c21-26(24,25)17-11-4-3-6-12(17)13-9-5-10-16-18(13)20(23)15-8-2-1-7-14(15)19(16)22/h1-11H,(H2,21,24,25). The molecule has 3 aromatic rings. The molecule has 1 aliphatic carbocycles. The molecule has 5 nitrogen and oxygen atoms in total. The van der Waals surface area contributed by atoms with Crippen LogP contribution in [-0.4, -0.2) is 20.0 Å². The fourth-order valence-corrected chi connectivity index (χ4v) is 4.06. The van der Waals surface area contributed by atoms with Gasteiger partial charge in [0.15, 0.2) is 11.6 Å². The summed E-state index contributed by atoms with van der Waals surface area (Å²) in [5.41, 5.74) is 1.79. The highest BCUT2D eigenvalue weighted by molar-refractivity contribution is 7.89. The van der Waals surface area contributed by atoms with Gasteiger partial charge >= 0.3 is 0 Å². The Hall–Kier alpha value is -3.09. The highest BCUT2D eigenvalue weighted by atomic mass is 32.2. The molecule has 0 amide bonds. The second-order valence-corrected chi connectivity index (χ2v) is 7.50. The van der Waals surface area contributed by atoms with E-state index in [1.165, 1.54) is 6.07 Å². The lowest BCUT2D eigenvalue weighted by Gasteiger charge is -2.21. The van der Waals surface area contributed by atoms with E-state index in [1.807, 2.05) is 0 Å². The van der Waals surface area contributed by atoms with Crippen LogP contribution < -0.4 is 5.14 Å². The number of carbonyl (C=O) groups excluding carboxylic acids is 2. The monoisotopic (exact) mass is 363 g/mol. The third kappa shape index (κ3) is 2.39. The van der Waals surface area contributed by atoms with Gasteiger partial charge in [0.05, 0.1) is 4.90 Å². The Bertz CT molecular complexity index is 1200. The smallest absolute Gasteiger partial charge is 0.238 e. The summed E-state index contributed by atoms with van der Waals surface area (Å²) in [6.07, 6.45) is 0. The number of nitrogens with two attached hydrogens (primary N) is 1. The van der Waals surface area contributed by atoms with Gasteiger partial charge in [0, 0.05) is 27.8 Å². The normalized spacial score (nSPS) is 13.3. The van der Waals surface area contributed by atoms with E-state index >= 15 is 0 Å². The molecule has 0 saturated carbocycles. The van der Waals surface area contributed by atoms with Gasteiger partial charge < -0.3 is 0 Å². The predicted octanol–water partition coefficient (Wildman–Crippen LogP) is 2.78.